The van der Waals surface area contributed by atoms with E-state index in [9.17, 15) is 14.9 Å². The summed E-state index contributed by atoms with van der Waals surface area (Å²) in [6.45, 7) is 0. The molecule has 7 nitrogen and oxygen atoms in total. The van der Waals surface area contributed by atoms with Crippen molar-refractivity contribution < 1.29 is 9.72 Å². The van der Waals surface area contributed by atoms with Crippen LogP contribution in [0.1, 0.15) is 10.5 Å². The van der Waals surface area contributed by atoms with E-state index in [2.05, 4.69) is 10.3 Å². The van der Waals surface area contributed by atoms with E-state index in [1.807, 2.05) is 0 Å². The van der Waals surface area contributed by atoms with Gasteiger partial charge in [0.1, 0.15) is 5.69 Å². The lowest BCUT2D eigenvalue weighted by molar-refractivity contribution is -0.384. The Balaban J connectivity index is 2.10. The lowest BCUT2D eigenvalue weighted by Gasteiger charge is -2.04. The van der Waals surface area contributed by atoms with Crippen LogP contribution in [0.4, 0.5) is 17.1 Å². The predicted molar refractivity (Wildman–Crippen MR) is 69.7 cm³/mol. The maximum Gasteiger partial charge on any atom is 0.274 e. The SMILES string of the molecule is Nc1ccc(C(=O)Nc2ccc([N+](=O)[O-])cc2)nc1. The fraction of sp³-hybridized carbons (Fsp3) is 0. The fourth-order valence-corrected chi connectivity index (χ4v) is 1.40. The van der Waals surface area contributed by atoms with E-state index in [0.29, 0.717) is 11.4 Å². The molecule has 96 valence electrons. The molecule has 0 saturated carbocycles. The van der Waals surface area contributed by atoms with Gasteiger partial charge in [0.2, 0.25) is 0 Å². The number of nitrogen functional groups attached to an aromatic ring is 1. The van der Waals surface area contributed by atoms with Crippen molar-refractivity contribution in [2.45, 2.75) is 0 Å². The van der Waals surface area contributed by atoms with Crippen LogP contribution in [0.25, 0.3) is 0 Å². The lowest BCUT2D eigenvalue weighted by atomic mass is 10.2. The highest BCUT2D eigenvalue weighted by atomic mass is 16.6. The Morgan fingerprint density at radius 3 is 2.42 bits per heavy atom. The molecule has 3 N–H and O–H groups in total. The number of anilines is 2. The maximum absolute atomic E-state index is 11.8. The minimum Gasteiger partial charge on any atom is -0.397 e. The summed E-state index contributed by atoms with van der Waals surface area (Å²) >= 11 is 0. The Bertz CT molecular complexity index is 608. The number of nitro groups is 1. The molecule has 0 saturated heterocycles. The molecule has 0 aliphatic carbocycles. The maximum atomic E-state index is 11.8. The van der Waals surface area contributed by atoms with Crippen LogP contribution in [0.2, 0.25) is 0 Å². The van der Waals surface area contributed by atoms with E-state index in [-0.39, 0.29) is 11.4 Å². The minimum absolute atomic E-state index is 0.0383. The first-order valence-electron chi connectivity index (χ1n) is 5.33. The van der Waals surface area contributed by atoms with E-state index in [0.717, 1.165) is 0 Å². The summed E-state index contributed by atoms with van der Waals surface area (Å²) in [6.07, 6.45) is 1.38. The van der Waals surface area contributed by atoms with Crippen molar-refractivity contribution in [2.75, 3.05) is 11.1 Å². The molecule has 1 amide bonds. The summed E-state index contributed by atoms with van der Waals surface area (Å²) in [4.78, 5) is 25.6. The first kappa shape index (κ1) is 12.5. The number of nitrogens with zero attached hydrogens (tertiary/aromatic N) is 2. The van der Waals surface area contributed by atoms with Gasteiger partial charge in [-0.1, -0.05) is 0 Å². The van der Waals surface area contributed by atoms with Gasteiger partial charge in [-0.25, -0.2) is 4.98 Å². The van der Waals surface area contributed by atoms with Crippen LogP contribution in [0.15, 0.2) is 42.6 Å². The zero-order valence-electron chi connectivity index (χ0n) is 9.74. The van der Waals surface area contributed by atoms with Crippen LogP contribution in [-0.4, -0.2) is 15.8 Å². The number of aromatic nitrogens is 1. The number of benzene rings is 1. The number of amides is 1. The van der Waals surface area contributed by atoms with E-state index >= 15 is 0 Å². The molecule has 0 spiro atoms. The van der Waals surface area contributed by atoms with Crippen molar-refractivity contribution in [2.24, 2.45) is 0 Å². The van der Waals surface area contributed by atoms with Crippen LogP contribution < -0.4 is 11.1 Å². The van der Waals surface area contributed by atoms with Crippen molar-refractivity contribution in [3.8, 4) is 0 Å². The van der Waals surface area contributed by atoms with Crippen molar-refractivity contribution in [3.05, 3.63) is 58.4 Å². The van der Waals surface area contributed by atoms with Crippen molar-refractivity contribution >= 4 is 23.0 Å². The molecule has 1 heterocycles. The highest BCUT2D eigenvalue weighted by molar-refractivity contribution is 6.02. The van der Waals surface area contributed by atoms with Crippen molar-refractivity contribution in [3.63, 3.8) is 0 Å². The number of pyridine rings is 1. The molecular weight excluding hydrogens is 248 g/mol. The zero-order chi connectivity index (χ0) is 13.8. The van der Waals surface area contributed by atoms with Crippen LogP contribution in [0.5, 0.6) is 0 Å². The van der Waals surface area contributed by atoms with Crippen molar-refractivity contribution in [1.29, 1.82) is 0 Å². The molecule has 0 unspecified atom stereocenters. The molecule has 19 heavy (non-hydrogen) atoms. The molecule has 0 aliphatic rings. The average molecular weight is 258 g/mol. The summed E-state index contributed by atoms with van der Waals surface area (Å²) in [5, 5.41) is 13.1. The van der Waals surface area contributed by atoms with Gasteiger partial charge >= 0.3 is 0 Å². The van der Waals surface area contributed by atoms with Gasteiger partial charge in [-0.05, 0) is 24.3 Å². The van der Waals surface area contributed by atoms with Gasteiger partial charge in [0.15, 0.2) is 0 Å². The number of hydrogen-bond donors (Lipinski definition) is 2. The van der Waals surface area contributed by atoms with Gasteiger partial charge in [0.25, 0.3) is 11.6 Å². The molecule has 2 rings (SSSR count). The second kappa shape index (κ2) is 5.13. The first-order valence-corrected chi connectivity index (χ1v) is 5.33. The highest BCUT2D eigenvalue weighted by Gasteiger charge is 2.09. The van der Waals surface area contributed by atoms with Gasteiger partial charge in [0.05, 0.1) is 16.8 Å². The van der Waals surface area contributed by atoms with E-state index in [1.165, 1.54) is 36.5 Å². The van der Waals surface area contributed by atoms with Crippen LogP contribution in [0.3, 0.4) is 0 Å². The minimum atomic E-state index is -0.507. The predicted octanol–water partition coefficient (Wildman–Crippen LogP) is 1.82. The zero-order valence-corrected chi connectivity index (χ0v) is 9.74. The molecule has 0 fully saturated rings. The normalized spacial score (nSPS) is 9.89. The highest BCUT2D eigenvalue weighted by Crippen LogP contribution is 2.16. The average Bonchev–Trinajstić information content (AvgIpc) is 2.40. The number of nitro benzene ring substituents is 1. The summed E-state index contributed by atoms with van der Waals surface area (Å²) in [7, 11) is 0. The molecule has 0 radical (unpaired) electrons. The Hall–Kier alpha value is -2.96. The fourth-order valence-electron chi connectivity index (χ4n) is 1.40. The number of rotatable bonds is 3. The van der Waals surface area contributed by atoms with Gasteiger partial charge in [-0.2, -0.15) is 0 Å². The Morgan fingerprint density at radius 1 is 1.21 bits per heavy atom. The lowest BCUT2D eigenvalue weighted by Crippen LogP contribution is -2.13. The van der Waals surface area contributed by atoms with Gasteiger partial charge in [-0.3, -0.25) is 14.9 Å². The molecule has 0 aliphatic heterocycles. The smallest absolute Gasteiger partial charge is 0.274 e. The second-order valence-electron chi connectivity index (χ2n) is 3.73. The molecule has 0 atom stereocenters. The van der Waals surface area contributed by atoms with E-state index < -0.39 is 10.8 Å². The Morgan fingerprint density at radius 2 is 1.89 bits per heavy atom. The first-order chi connectivity index (χ1) is 9.06. The summed E-state index contributed by atoms with van der Waals surface area (Å²) < 4.78 is 0. The molecule has 0 bridgehead atoms. The number of nitrogens with one attached hydrogen (secondary N) is 1. The van der Waals surface area contributed by atoms with Gasteiger partial charge in [0, 0.05) is 17.8 Å². The number of nitrogens with two attached hydrogens (primary N) is 1. The number of carbonyl (C=O) groups excluding carboxylic acids is 1. The van der Waals surface area contributed by atoms with Crippen LogP contribution >= 0.6 is 0 Å². The van der Waals surface area contributed by atoms with Gasteiger partial charge < -0.3 is 11.1 Å². The van der Waals surface area contributed by atoms with Crippen LogP contribution in [0, 0.1) is 10.1 Å². The third-order valence-corrected chi connectivity index (χ3v) is 2.35. The van der Waals surface area contributed by atoms with Crippen LogP contribution in [-0.2, 0) is 0 Å². The molecule has 1 aromatic heterocycles. The number of carbonyl (C=O) groups is 1. The summed E-state index contributed by atoms with van der Waals surface area (Å²) in [6, 6.07) is 8.59. The Labute approximate surface area is 108 Å². The van der Waals surface area contributed by atoms with Gasteiger partial charge in [-0.15, -0.1) is 0 Å². The van der Waals surface area contributed by atoms with E-state index in [1.54, 1.807) is 6.07 Å². The quantitative estimate of drug-likeness (QED) is 0.644. The molecule has 7 heteroatoms. The summed E-state index contributed by atoms with van der Waals surface area (Å²) in [5.41, 5.74) is 6.56. The number of hydrogen-bond acceptors (Lipinski definition) is 5. The largest absolute Gasteiger partial charge is 0.397 e. The topological polar surface area (TPSA) is 111 Å². The molecular formula is C12H10N4O3. The van der Waals surface area contributed by atoms with E-state index in [4.69, 9.17) is 5.73 Å². The third-order valence-electron chi connectivity index (χ3n) is 2.35. The Kier molecular flexibility index (Phi) is 3.37. The third kappa shape index (κ3) is 3.03. The second-order valence-corrected chi connectivity index (χ2v) is 3.73. The summed E-state index contributed by atoms with van der Waals surface area (Å²) in [5.74, 6) is -0.408. The molecule has 2 aromatic rings. The standard InChI is InChI=1S/C12H10N4O3/c13-8-1-6-11(14-7-8)12(17)15-9-2-4-10(5-3-9)16(18)19/h1-7H,13H2,(H,15,17). The van der Waals surface area contributed by atoms with Crippen molar-refractivity contribution in [1.82, 2.24) is 4.98 Å². The molecule has 1 aromatic carbocycles. The number of non-ortho nitro benzene ring substituents is 1. The monoisotopic (exact) mass is 258 g/mol.